The summed E-state index contributed by atoms with van der Waals surface area (Å²) in [7, 11) is 0. The molecule has 0 aliphatic rings. The number of rotatable bonds is 6. The first-order chi connectivity index (χ1) is 6.97. The molecule has 0 aromatic rings. The van der Waals surface area contributed by atoms with Crippen LogP contribution in [0, 0.1) is 12.3 Å². The Bertz CT molecular complexity index is 267. The van der Waals surface area contributed by atoms with E-state index >= 15 is 0 Å². The number of carboxylic acid groups (broad SMARTS) is 1. The number of nitrogens with zero attached hydrogens (tertiary/aromatic N) is 1. The number of carbonyl (C=O) groups is 2. The molecule has 0 aromatic heterocycles. The van der Waals surface area contributed by atoms with Crippen LogP contribution in [0.4, 0.5) is 0 Å². The van der Waals surface area contributed by atoms with Crippen LogP contribution in [0.5, 0.6) is 0 Å². The largest absolute Gasteiger partial charge is 0.480 e. The van der Waals surface area contributed by atoms with Crippen molar-refractivity contribution in [1.29, 1.82) is 0 Å². The molecule has 0 fully saturated rings. The fourth-order valence-corrected chi connectivity index (χ4v) is 0.835. The summed E-state index contributed by atoms with van der Waals surface area (Å²) in [6.45, 7) is 3.01. The van der Waals surface area contributed by atoms with Crippen molar-refractivity contribution in [3.05, 3.63) is 0 Å². The van der Waals surface area contributed by atoms with Gasteiger partial charge >= 0.3 is 5.97 Å². The zero-order valence-electron chi connectivity index (χ0n) is 8.90. The van der Waals surface area contributed by atoms with E-state index in [1.165, 1.54) is 0 Å². The first-order valence-corrected chi connectivity index (χ1v) is 4.52. The first-order valence-electron chi connectivity index (χ1n) is 4.52. The Kier molecular flexibility index (Phi) is 6.14. The number of hydrogen-bond acceptors (Lipinski definition) is 3. The van der Waals surface area contributed by atoms with Gasteiger partial charge in [-0.3, -0.25) is 9.59 Å². The lowest BCUT2D eigenvalue weighted by atomic mass is 10.4. The first kappa shape index (κ1) is 13.5. The number of aliphatic carboxylic acids is 1. The molecule has 0 atom stereocenters. The van der Waals surface area contributed by atoms with E-state index in [2.05, 4.69) is 5.92 Å². The average Bonchev–Trinajstić information content (AvgIpc) is 2.12. The van der Waals surface area contributed by atoms with Gasteiger partial charge in [0.15, 0.2) is 0 Å². The molecule has 0 aromatic carbocycles. The van der Waals surface area contributed by atoms with Gasteiger partial charge in [-0.05, 0) is 13.8 Å². The van der Waals surface area contributed by atoms with Gasteiger partial charge in [-0.25, -0.2) is 0 Å². The van der Waals surface area contributed by atoms with Gasteiger partial charge in [-0.2, -0.15) is 0 Å². The molecule has 1 N–H and O–H groups in total. The molecule has 0 unspecified atom stereocenters. The minimum atomic E-state index is -1.09. The third-order valence-corrected chi connectivity index (χ3v) is 1.50. The van der Waals surface area contributed by atoms with Crippen molar-refractivity contribution >= 4 is 11.9 Å². The van der Waals surface area contributed by atoms with Gasteiger partial charge in [-0.15, -0.1) is 6.42 Å². The molecule has 0 saturated carbocycles. The van der Waals surface area contributed by atoms with E-state index in [1.54, 1.807) is 13.8 Å². The van der Waals surface area contributed by atoms with E-state index in [4.69, 9.17) is 16.3 Å². The Morgan fingerprint density at radius 1 is 1.53 bits per heavy atom. The van der Waals surface area contributed by atoms with Crippen LogP contribution in [-0.4, -0.2) is 47.7 Å². The van der Waals surface area contributed by atoms with Gasteiger partial charge < -0.3 is 14.7 Å². The number of carbonyl (C=O) groups excluding carboxylic acids is 1. The summed E-state index contributed by atoms with van der Waals surface area (Å²) in [4.78, 5) is 22.9. The van der Waals surface area contributed by atoms with Crippen LogP contribution < -0.4 is 0 Å². The average molecular weight is 213 g/mol. The predicted octanol–water partition coefficient (Wildman–Crippen LogP) is -0.0422. The molecule has 5 nitrogen and oxygen atoms in total. The van der Waals surface area contributed by atoms with Crippen LogP contribution >= 0.6 is 0 Å². The molecule has 0 aliphatic carbocycles. The highest BCUT2D eigenvalue weighted by Crippen LogP contribution is 1.94. The molecule has 5 heteroatoms. The monoisotopic (exact) mass is 213 g/mol. The lowest BCUT2D eigenvalue weighted by Gasteiger charge is -2.18. The van der Waals surface area contributed by atoms with Crippen LogP contribution in [0.3, 0.4) is 0 Å². The smallest absolute Gasteiger partial charge is 0.323 e. The third-order valence-electron chi connectivity index (χ3n) is 1.50. The molecular formula is C10H15NO4. The van der Waals surface area contributed by atoms with E-state index in [1.807, 2.05) is 0 Å². The van der Waals surface area contributed by atoms with E-state index in [0.29, 0.717) is 0 Å². The standard InChI is InChI=1S/C10H15NO4/c1-4-5-11(6-10(13)14)9(12)7-15-8(2)3/h1,8H,5-7H2,2-3H3,(H,13,14). The van der Waals surface area contributed by atoms with Crippen molar-refractivity contribution in [2.24, 2.45) is 0 Å². The Morgan fingerprint density at radius 3 is 2.53 bits per heavy atom. The normalized spacial score (nSPS) is 9.73. The second-order valence-corrected chi connectivity index (χ2v) is 3.21. The van der Waals surface area contributed by atoms with E-state index in [9.17, 15) is 9.59 Å². The molecule has 84 valence electrons. The molecule has 0 spiro atoms. The minimum Gasteiger partial charge on any atom is -0.480 e. The Labute approximate surface area is 89.0 Å². The zero-order valence-corrected chi connectivity index (χ0v) is 8.90. The van der Waals surface area contributed by atoms with Crippen molar-refractivity contribution in [2.45, 2.75) is 20.0 Å². The van der Waals surface area contributed by atoms with Crippen LogP contribution in [0.15, 0.2) is 0 Å². The van der Waals surface area contributed by atoms with Crippen molar-refractivity contribution in [3.63, 3.8) is 0 Å². The highest BCUT2D eigenvalue weighted by molar-refractivity contribution is 5.82. The van der Waals surface area contributed by atoms with Crippen LogP contribution in [-0.2, 0) is 14.3 Å². The molecule has 1 amide bonds. The number of carboxylic acids is 1. The van der Waals surface area contributed by atoms with E-state index < -0.39 is 18.4 Å². The van der Waals surface area contributed by atoms with Crippen LogP contribution in [0.2, 0.25) is 0 Å². The summed E-state index contributed by atoms with van der Waals surface area (Å²) in [5.74, 6) is 0.721. The topological polar surface area (TPSA) is 66.8 Å². The number of ether oxygens (including phenoxy) is 1. The van der Waals surface area contributed by atoms with E-state index in [-0.39, 0.29) is 19.3 Å². The molecule has 0 rings (SSSR count). The number of hydrogen-bond donors (Lipinski definition) is 1. The quantitative estimate of drug-likeness (QED) is 0.628. The number of amides is 1. The van der Waals surface area contributed by atoms with Crippen molar-refractivity contribution in [2.75, 3.05) is 19.7 Å². The van der Waals surface area contributed by atoms with Gasteiger partial charge in [0.2, 0.25) is 5.91 Å². The zero-order chi connectivity index (χ0) is 11.8. The van der Waals surface area contributed by atoms with E-state index in [0.717, 1.165) is 4.90 Å². The second-order valence-electron chi connectivity index (χ2n) is 3.21. The third kappa shape index (κ3) is 6.52. The van der Waals surface area contributed by atoms with Gasteiger partial charge in [-0.1, -0.05) is 5.92 Å². The molecular weight excluding hydrogens is 198 g/mol. The van der Waals surface area contributed by atoms with Crippen LogP contribution in [0.25, 0.3) is 0 Å². The SMILES string of the molecule is C#CCN(CC(=O)O)C(=O)COC(C)C. The summed E-state index contributed by atoms with van der Waals surface area (Å²) >= 11 is 0. The summed E-state index contributed by atoms with van der Waals surface area (Å²) in [6, 6.07) is 0. The maximum atomic E-state index is 11.4. The summed E-state index contributed by atoms with van der Waals surface area (Å²) in [6.07, 6.45) is 4.94. The van der Waals surface area contributed by atoms with Crippen molar-refractivity contribution < 1.29 is 19.4 Å². The van der Waals surface area contributed by atoms with Gasteiger partial charge in [0, 0.05) is 0 Å². The molecule has 0 saturated heterocycles. The highest BCUT2D eigenvalue weighted by atomic mass is 16.5. The summed E-state index contributed by atoms with van der Waals surface area (Å²) in [5.41, 5.74) is 0. The maximum Gasteiger partial charge on any atom is 0.323 e. The second kappa shape index (κ2) is 6.85. The Hall–Kier alpha value is -1.54. The molecule has 0 heterocycles. The number of terminal acetylenes is 1. The van der Waals surface area contributed by atoms with Gasteiger partial charge in [0.25, 0.3) is 0 Å². The van der Waals surface area contributed by atoms with Crippen LogP contribution in [0.1, 0.15) is 13.8 Å². The molecule has 0 aliphatic heterocycles. The van der Waals surface area contributed by atoms with Crippen molar-refractivity contribution in [1.82, 2.24) is 4.90 Å². The fourth-order valence-electron chi connectivity index (χ4n) is 0.835. The van der Waals surface area contributed by atoms with Crippen molar-refractivity contribution in [3.8, 4) is 12.3 Å². The Balaban J connectivity index is 4.17. The summed E-state index contributed by atoms with van der Waals surface area (Å²) < 4.78 is 5.06. The predicted molar refractivity (Wildman–Crippen MR) is 54.1 cm³/mol. The maximum absolute atomic E-state index is 11.4. The fraction of sp³-hybridized carbons (Fsp3) is 0.600. The lowest BCUT2D eigenvalue weighted by molar-refractivity contribution is -0.146. The molecule has 0 radical (unpaired) electrons. The minimum absolute atomic E-state index is 0.0212. The Morgan fingerprint density at radius 2 is 2.13 bits per heavy atom. The summed E-state index contributed by atoms with van der Waals surface area (Å²) in [5, 5.41) is 8.53. The molecule has 0 bridgehead atoms. The molecule has 15 heavy (non-hydrogen) atoms. The van der Waals surface area contributed by atoms with Gasteiger partial charge in [0.05, 0.1) is 12.6 Å². The van der Waals surface area contributed by atoms with Gasteiger partial charge in [0.1, 0.15) is 13.2 Å². The lowest BCUT2D eigenvalue weighted by Crippen LogP contribution is -2.38. The highest BCUT2D eigenvalue weighted by Gasteiger charge is 2.15.